The Morgan fingerprint density at radius 1 is 1.19 bits per heavy atom. The summed E-state index contributed by atoms with van der Waals surface area (Å²) in [5.41, 5.74) is 6.60. The van der Waals surface area contributed by atoms with Gasteiger partial charge < -0.3 is 15.4 Å². The van der Waals surface area contributed by atoms with Gasteiger partial charge in [0.1, 0.15) is 0 Å². The number of aryl methyl sites for hydroxylation is 1. The highest BCUT2D eigenvalue weighted by molar-refractivity contribution is 7.80. The summed E-state index contributed by atoms with van der Waals surface area (Å²) >= 11 is 11.7. The van der Waals surface area contributed by atoms with Crippen molar-refractivity contribution in [3.63, 3.8) is 0 Å². The first kappa shape index (κ1) is 21.2. The summed E-state index contributed by atoms with van der Waals surface area (Å²) in [5, 5.41) is 7.26. The van der Waals surface area contributed by atoms with E-state index < -0.39 is 0 Å². The van der Waals surface area contributed by atoms with Crippen molar-refractivity contribution in [1.29, 1.82) is 0 Å². The fourth-order valence-electron chi connectivity index (χ4n) is 4.25. The zero-order chi connectivity index (χ0) is 22.1. The Balaban J connectivity index is 1.40. The van der Waals surface area contributed by atoms with Crippen molar-refractivity contribution in [3.05, 3.63) is 58.5 Å². The molecular formula is C24H24ClN5OS. The van der Waals surface area contributed by atoms with Gasteiger partial charge in [0.25, 0.3) is 0 Å². The summed E-state index contributed by atoms with van der Waals surface area (Å²) in [4.78, 5) is 14.9. The SMILES string of the molecule is Cc1nc(CC2CCOCC2)ccc1Nc1ncc2c(n1)-c1ccc(Cl)cc1NC(=S)C2. The van der Waals surface area contributed by atoms with E-state index in [0.717, 1.165) is 77.0 Å². The average molecular weight is 466 g/mol. The molecule has 0 spiro atoms. The highest BCUT2D eigenvalue weighted by Gasteiger charge is 2.20. The van der Waals surface area contributed by atoms with Gasteiger partial charge in [0.2, 0.25) is 5.95 Å². The molecule has 0 radical (unpaired) electrons. The molecule has 0 aliphatic carbocycles. The van der Waals surface area contributed by atoms with Gasteiger partial charge in [-0.25, -0.2) is 9.97 Å². The van der Waals surface area contributed by atoms with Crippen LogP contribution in [-0.2, 0) is 17.6 Å². The predicted molar refractivity (Wildman–Crippen MR) is 132 cm³/mol. The standard InChI is InChI=1S/C24H24ClN5OS/c1-14-20(5-3-18(27-14)10-15-6-8-31-9-7-15)29-24-26-13-16-11-22(32)28-21-12-17(25)2-4-19(21)23(16)30-24/h2-5,12-13,15H,6-11H2,1H3,(H,28,32)(H,26,29,30). The fourth-order valence-corrected chi connectivity index (χ4v) is 4.69. The summed E-state index contributed by atoms with van der Waals surface area (Å²) < 4.78 is 5.47. The molecule has 0 amide bonds. The lowest BCUT2D eigenvalue weighted by molar-refractivity contribution is 0.0662. The van der Waals surface area contributed by atoms with Gasteiger partial charge in [-0.3, -0.25) is 4.98 Å². The maximum Gasteiger partial charge on any atom is 0.227 e. The number of aromatic nitrogens is 3. The van der Waals surface area contributed by atoms with Crippen molar-refractivity contribution in [2.24, 2.45) is 5.92 Å². The minimum absolute atomic E-state index is 0.527. The van der Waals surface area contributed by atoms with Crippen LogP contribution in [0.4, 0.5) is 17.3 Å². The largest absolute Gasteiger partial charge is 0.381 e. The van der Waals surface area contributed by atoms with Crippen LogP contribution in [0.2, 0.25) is 5.02 Å². The topological polar surface area (TPSA) is 72.0 Å². The van der Waals surface area contributed by atoms with Crippen molar-refractivity contribution in [2.45, 2.75) is 32.6 Å². The molecule has 2 aliphatic heterocycles. The van der Waals surface area contributed by atoms with E-state index >= 15 is 0 Å². The van der Waals surface area contributed by atoms with E-state index in [0.29, 0.717) is 23.3 Å². The van der Waals surface area contributed by atoms with Crippen molar-refractivity contribution in [1.82, 2.24) is 15.0 Å². The molecule has 2 aliphatic rings. The van der Waals surface area contributed by atoms with Crippen LogP contribution in [0, 0.1) is 12.8 Å². The lowest BCUT2D eigenvalue weighted by atomic mass is 9.94. The number of pyridine rings is 1. The van der Waals surface area contributed by atoms with E-state index in [1.54, 1.807) is 0 Å². The second-order valence-electron chi connectivity index (χ2n) is 8.30. The number of nitrogens with zero attached hydrogens (tertiary/aromatic N) is 3. The zero-order valence-corrected chi connectivity index (χ0v) is 19.4. The van der Waals surface area contributed by atoms with E-state index in [-0.39, 0.29) is 0 Å². The van der Waals surface area contributed by atoms with Crippen LogP contribution >= 0.6 is 23.8 Å². The van der Waals surface area contributed by atoms with Gasteiger partial charge in [-0.05, 0) is 62.4 Å². The third-order valence-corrected chi connectivity index (χ3v) is 6.44. The van der Waals surface area contributed by atoms with E-state index in [1.165, 1.54) is 0 Å². The molecule has 1 fully saturated rings. The molecule has 0 saturated carbocycles. The molecule has 4 heterocycles. The van der Waals surface area contributed by atoms with Crippen LogP contribution in [0.3, 0.4) is 0 Å². The van der Waals surface area contributed by atoms with Crippen molar-refractivity contribution < 1.29 is 4.74 Å². The summed E-state index contributed by atoms with van der Waals surface area (Å²) in [6, 6.07) is 9.86. The molecule has 0 unspecified atom stereocenters. The van der Waals surface area contributed by atoms with Crippen LogP contribution in [0.1, 0.15) is 29.8 Å². The van der Waals surface area contributed by atoms with Crippen molar-refractivity contribution in [3.8, 4) is 11.3 Å². The molecule has 2 N–H and O–H groups in total. The molecule has 32 heavy (non-hydrogen) atoms. The lowest BCUT2D eigenvalue weighted by Gasteiger charge is -2.21. The highest BCUT2D eigenvalue weighted by atomic mass is 35.5. The van der Waals surface area contributed by atoms with Crippen LogP contribution in [0.5, 0.6) is 0 Å². The second-order valence-corrected chi connectivity index (χ2v) is 9.23. The number of rotatable bonds is 4. The number of hydrogen-bond donors (Lipinski definition) is 2. The number of hydrogen-bond acceptors (Lipinski definition) is 6. The maximum atomic E-state index is 6.19. The van der Waals surface area contributed by atoms with Crippen LogP contribution < -0.4 is 10.6 Å². The normalized spacial score (nSPS) is 16.0. The van der Waals surface area contributed by atoms with Gasteiger partial charge >= 0.3 is 0 Å². The molecule has 2 aromatic heterocycles. The van der Waals surface area contributed by atoms with E-state index in [4.69, 9.17) is 38.5 Å². The highest BCUT2D eigenvalue weighted by Crippen LogP contribution is 2.35. The first-order chi connectivity index (χ1) is 15.5. The molecule has 6 nitrogen and oxygen atoms in total. The number of benzene rings is 1. The third kappa shape index (κ3) is 4.60. The van der Waals surface area contributed by atoms with Crippen LogP contribution in [0.15, 0.2) is 36.5 Å². The number of nitrogens with one attached hydrogen (secondary N) is 2. The van der Waals surface area contributed by atoms with Gasteiger partial charge in [0, 0.05) is 53.4 Å². The summed E-state index contributed by atoms with van der Waals surface area (Å²) in [6.45, 7) is 3.72. The average Bonchev–Trinajstić information content (AvgIpc) is 2.91. The van der Waals surface area contributed by atoms with Gasteiger partial charge in [-0.2, -0.15) is 0 Å². The Morgan fingerprint density at radius 2 is 2.03 bits per heavy atom. The smallest absolute Gasteiger partial charge is 0.227 e. The maximum absolute atomic E-state index is 6.19. The molecule has 3 aromatic rings. The molecule has 164 valence electrons. The number of anilines is 3. The lowest BCUT2D eigenvalue weighted by Crippen LogP contribution is -2.18. The molecule has 1 saturated heterocycles. The quantitative estimate of drug-likeness (QED) is 0.492. The Hall–Kier alpha value is -2.61. The van der Waals surface area contributed by atoms with Crippen molar-refractivity contribution >= 4 is 46.1 Å². The Labute approximate surface area is 197 Å². The van der Waals surface area contributed by atoms with E-state index in [1.807, 2.05) is 31.3 Å². The van der Waals surface area contributed by atoms with E-state index in [2.05, 4.69) is 27.8 Å². The third-order valence-electron chi connectivity index (χ3n) is 5.96. The minimum atomic E-state index is 0.527. The Bertz CT molecular complexity index is 1180. The van der Waals surface area contributed by atoms with Gasteiger partial charge in [-0.1, -0.05) is 23.8 Å². The second kappa shape index (κ2) is 9.10. The first-order valence-electron chi connectivity index (χ1n) is 10.8. The molecule has 8 heteroatoms. The van der Waals surface area contributed by atoms with Gasteiger partial charge in [-0.15, -0.1) is 0 Å². The zero-order valence-electron chi connectivity index (χ0n) is 17.8. The number of fused-ring (bicyclic) bond motifs is 3. The van der Waals surface area contributed by atoms with E-state index in [9.17, 15) is 0 Å². The minimum Gasteiger partial charge on any atom is -0.381 e. The van der Waals surface area contributed by atoms with Crippen LogP contribution in [-0.4, -0.2) is 33.2 Å². The summed E-state index contributed by atoms with van der Waals surface area (Å²) in [7, 11) is 0. The van der Waals surface area contributed by atoms with Crippen LogP contribution in [0.25, 0.3) is 11.3 Å². The van der Waals surface area contributed by atoms with Gasteiger partial charge in [0.15, 0.2) is 0 Å². The number of halogens is 1. The number of ether oxygens (including phenoxy) is 1. The monoisotopic (exact) mass is 465 g/mol. The molecule has 0 atom stereocenters. The Morgan fingerprint density at radius 3 is 2.84 bits per heavy atom. The Kier molecular flexibility index (Phi) is 6.04. The summed E-state index contributed by atoms with van der Waals surface area (Å²) in [5.74, 6) is 1.18. The predicted octanol–water partition coefficient (Wildman–Crippen LogP) is 5.51. The van der Waals surface area contributed by atoms with Gasteiger partial charge in [0.05, 0.1) is 22.1 Å². The molecule has 5 rings (SSSR count). The molecule has 1 aromatic carbocycles. The first-order valence-corrected chi connectivity index (χ1v) is 11.6. The van der Waals surface area contributed by atoms with Crippen molar-refractivity contribution in [2.75, 3.05) is 23.8 Å². The number of thiocarbonyl (C=S) groups is 1. The molecular weight excluding hydrogens is 442 g/mol. The summed E-state index contributed by atoms with van der Waals surface area (Å²) in [6.07, 6.45) is 5.62. The molecule has 0 bridgehead atoms. The fraction of sp³-hybridized carbons (Fsp3) is 0.333.